The van der Waals surface area contributed by atoms with Crippen molar-refractivity contribution in [2.45, 2.75) is 33.2 Å². The van der Waals surface area contributed by atoms with E-state index in [1.165, 1.54) is 16.9 Å². The maximum atomic E-state index is 10.4. The van der Waals surface area contributed by atoms with Gasteiger partial charge in [0.05, 0.1) is 10.6 Å². The molecule has 0 spiro atoms. The Morgan fingerprint density at radius 3 is 2.91 bits per heavy atom. The lowest BCUT2D eigenvalue weighted by molar-refractivity contribution is 0.413. The SMILES string of the molecule is CCCn1c(O)c(C=C2C=Nc3c(CC)cccc32)sc1=S. The highest BCUT2D eigenvalue weighted by molar-refractivity contribution is 7.73. The van der Waals surface area contributed by atoms with Crippen molar-refractivity contribution in [2.75, 3.05) is 0 Å². The first-order valence-electron chi connectivity index (χ1n) is 7.46. The molecule has 2 aromatic rings. The van der Waals surface area contributed by atoms with E-state index in [2.05, 4.69) is 37.0 Å². The van der Waals surface area contributed by atoms with Gasteiger partial charge in [-0.15, -0.1) is 11.3 Å². The minimum absolute atomic E-state index is 0.262. The van der Waals surface area contributed by atoms with Gasteiger partial charge in [-0.3, -0.25) is 9.56 Å². The summed E-state index contributed by atoms with van der Waals surface area (Å²) in [5.74, 6) is 0.262. The number of aromatic hydroxyl groups is 1. The summed E-state index contributed by atoms with van der Waals surface area (Å²) in [6.07, 6.45) is 5.76. The zero-order valence-electron chi connectivity index (χ0n) is 12.7. The van der Waals surface area contributed by atoms with E-state index in [0.717, 1.165) is 41.1 Å². The van der Waals surface area contributed by atoms with Crippen LogP contribution in [0.25, 0.3) is 11.6 Å². The Labute approximate surface area is 139 Å². The largest absolute Gasteiger partial charge is 0.493 e. The van der Waals surface area contributed by atoms with E-state index in [4.69, 9.17) is 12.2 Å². The summed E-state index contributed by atoms with van der Waals surface area (Å²) in [6, 6.07) is 6.25. The van der Waals surface area contributed by atoms with E-state index in [1.54, 1.807) is 4.57 Å². The first kappa shape index (κ1) is 15.2. The lowest BCUT2D eigenvalue weighted by Gasteiger charge is -2.04. The van der Waals surface area contributed by atoms with Gasteiger partial charge in [0.1, 0.15) is 0 Å². The van der Waals surface area contributed by atoms with E-state index < -0.39 is 0 Å². The van der Waals surface area contributed by atoms with Gasteiger partial charge in [-0.1, -0.05) is 32.0 Å². The van der Waals surface area contributed by atoms with E-state index in [1.807, 2.05) is 12.3 Å². The van der Waals surface area contributed by atoms with Crippen LogP contribution in [-0.4, -0.2) is 15.9 Å². The van der Waals surface area contributed by atoms with Gasteiger partial charge in [-0.05, 0) is 36.7 Å². The van der Waals surface area contributed by atoms with Gasteiger partial charge in [0, 0.05) is 23.9 Å². The maximum absolute atomic E-state index is 10.4. The van der Waals surface area contributed by atoms with Crippen molar-refractivity contribution in [3.8, 4) is 5.88 Å². The second-order valence-corrected chi connectivity index (χ2v) is 6.91. The quantitative estimate of drug-likeness (QED) is 0.781. The molecule has 0 radical (unpaired) electrons. The first-order chi connectivity index (χ1) is 10.7. The van der Waals surface area contributed by atoms with E-state index in [0.29, 0.717) is 3.95 Å². The number of allylic oxidation sites excluding steroid dienone is 1. The first-order valence-corrected chi connectivity index (χ1v) is 8.68. The Balaban J connectivity index is 2.05. The molecule has 0 saturated carbocycles. The molecule has 0 aliphatic carbocycles. The van der Waals surface area contributed by atoms with Crippen LogP contribution in [0.3, 0.4) is 0 Å². The second kappa shape index (κ2) is 6.18. The molecule has 0 atom stereocenters. The number of nitrogens with zero attached hydrogens (tertiary/aromatic N) is 2. The van der Waals surface area contributed by atoms with Crippen molar-refractivity contribution in [3.63, 3.8) is 0 Å². The third kappa shape index (κ3) is 2.55. The number of aliphatic imine (C=N–C) groups is 1. The smallest absolute Gasteiger partial charge is 0.210 e. The molecule has 0 unspecified atom stereocenters. The highest BCUT2D eigenvalue weighted by Crippen LogP contribution is 2.38. The highest BCUT2D eigenvalue weighted by atomic mass is 32.1. The second-order valence-electron chi connectivity index (χ2n) is 5.23. The van der Waals surface area contributed by atoms with Crippen LogP contribution in [-0.2, 0) is 13.0 Å². The molecule has 1 aliphatic rings. The van der Waals surface area contributed by atoms with Gasteiger partial charge < -0.3 is 5.11 Å². The number of hydrogen-bond donors (Lipinski definition) is 1. The summed E-state index contributed by atoms with van der Waals surface area (Å²) in [7, 11) is 0. The van der Waals surface area contributed by atoms with Gasteiger partial charge in [0.2, 0.25) is 5.88 Å². The van der Waals surface area contributed by atoms with Gasteiger partial charge >= 0.3 is 0 Å². The Kier molecular flexibility index (Phi) is 4.27. The number of fused-ring (bicyclic) bond motifs is 1. The molecule has 1 aromatic carbocycles. The van der Waals surface area contributed by atoms with Crippen molar-refractivity contribution < 1.29 is 5.11 Å². The van der Waals surface area contributed by atoms with Gasteiger partial charge in [-0.25, -0.2) is 0 Å². The molecule has 3 rings (SSSR count). The molecule has 0 saturated heterocycles. The van der Waals surface area contributed by atoms with E-state index in [-0.39, 0.29) is 5.88 Å². The van der Waals surface area contributed by atoms with Crippen LogP contribution >= 0.6 is 23.6 Å². The van der Waals surface area contributed by atoms with Crippen molar-refractivity contribution in [3.05, 3.63) is 38.2 Å². The average Bonchev–Trinajstić information content (AvgIpc) is 3.04. The molecule has 22 heavy (non-hydrogen) atoms. The number of hydrogen-bond acceptors (Lipinski definition) is 4. The lowest BCUT2D eigenvalue weighted by atomic mass is 10.0. The van der Waals surface area contributed by atoms with Crippen LogP contribution in [0.2, 0.25) is 0 Å². The maximum Gasteiger partial charge on any atom is 0.210 e. The summed E-state index contributed by atoms with van der Waals surface area (Å²) in [6.45, 7) is 4.95. The normalized spacial score (nSPS) is 14.7. The fraction of sp³-hybridized carbons (Fsp3) is 0.294. The van der Waals surface area contributed by atoms with Crippen LogP contribution in [0, 0.1) is 3.95 Å². The molecule has 0 fully saturated rings. The van der Waals surface area contributed by atoms with Crippen LogP contribution < -0.4 is 0 Å². The summed E-state index contributed by atoms with van der Waals surface area (Å²) in [5, 5.41) is 10.4. The summed E-state index contributed by atoms with van der Waals surface area (Å²) >= 11 is 6.78. The third-order valence-electron chi connectivity index (χ3n) is 3.77. The summed E-state index contributed by atoms with van der Waals surface area (Å²) in [4.78, 5) is 5.34. The van der Waals surface area contributed by atoms with Crippen LogP contribution in [0.5, 0.6) is 5.88 Å². The zero-order valence-corrected chi connectivity index (χ0v) is 14.3. The van der Waals surface area contributed by atoms with Crippen LogP contribution in [0.15, 0.2) is 23.2 Å². The van der Waals surface area contributed by atoms with Crippen LogP contribution in [0.4, 0.5) is 5.69 Å². The van der Waals surface area contributed by atoms with Gasteiger partial charge in [-0.2, -0.15) is 0 Å². The zero-order chi connectivity index (χ0) is 15.7. The van der Waals surface area contributed by atoms with E-state index in [9.17, 15) is 5.11 Å². The average molecular weight is 330 g/mol. The molecule has 1 aliphatic heterocycles. The molecule has 5 heteroatoms. The number of aryl methyl sites for hydroxylation is 1. The topological polar surface area (TPSA) is 37.5 Å². The number of para-hydroxylation sites is 1. The molecular formula is C17H18N2OS2. The fourth-order valence-electron chi connectivity index (χ4n) is 2.65. The lowest BCUT2D eigenvalue weighted by Crippen LogP contribution is -1.94. The number of aromatic nitrogens is 1. The molecule has 1 N–H and O–H groups in total. The molecular weight excluding hydrogens is 312 g/mol. The van der Waals surface area contributed by atoms with Gasteiger partial charge in [0.15, 0.2) is 3.95 Å². The fourth-order valence-corrected chi connectivity index (χ4v) is 3.96. The predicted octanol–water partition coefficient (Wildman–Crippen LogP) is 5.21. The Morgan fingerprint density at radius 1 is 1.36 bits per heavy atom. The molecule has 114 valence electrons. The van der Waals surface area contributed by atoms with E-state index >= 15 is 0 Å². The van der Waals surface area contributed by atoms with Crippen molar-refractivity contribution in [1.29, 1.82) is 0 Å². The molecule has 0 amide bonds. The monoisotopic (exact) mass is 330 g/mol. The van der Waals surface area contributed by atoms with Crippen molar-refractivity contribution in [2.24, 2.45) is 4.99 Å². The number of benzene rings is 1. The standard InChI is InChI=1S/C17H18N2OS2/c1-3-8-19-16(20)14(22-17(19)21)9-12-10-18-15-11(4-2)6-5-7-13(12)15/h5-7,9-10,20H,3-4,8H2,1-2H3. The highest BCUT2D eigenvalue weighted by Gasteiger charge is 2.17. The minimum atomic E-state index is 0.262. The van der Waals surface area contributed by atoms with Crippen LogP contribution in [0.1, 0.15) is 36.3 Å². The number of rotatable bonds is 4. The molecule has 0 bridgehead atoms. The third-order valence-corrected chi connectivity index (χ3v) is 5.16. The Bertz CT molecular complexity index is 828. The minimum Gasteiger partial charge on any atom is -0.493 e. The Morgan fingerprint density at radius 2 is 2.18 bits per heavy atom. The molecule has 1 aromatic heterocycles. The number of thiazole rings is 1. The van der Waals surface area contributed by atoms with Crippen molar-refractivity contribution >= 4 is 47.1 Å². The molecule has 2 heterocycles. The van der Waals surface area contributed by atoms with Gasteiger partial charge in [0.25, 0.3) is 0 Å². The summed E-state index contributed by atoms with van der Waals surface area (Å²) in [5.41, 5.74) is 4.45. The van der Waals surface area contributed by atoms with Crippen molar-refractivity contribution in [1.82, 2.24) is 4.57 Å². The molecule has 3 nitrogen and oxygen atoms in total. The Hall–Kier alpha value is -1.72. The summed E-state index contributed by atoms with van der Waals surface area (Å²) < 4.78 is 2.51. The predicted molar refractivity (Wildman–Crippen MR) is 96.9 cm³/mol.